The third-order valence-electron chi connectivity index (χ3n) is 2.00. The number of aliphatic hydroxyl groups excluding tert-OH is 4. The van der Waals surface area contributed by atoms with E-state index in [0.29, 0.717) is 0 Å². The predicted octanol–water partition coefficient (Wildman–Crippen LogP) is -3.25. The van der Waals surface area contributed by atoms with Crippen LogP contribution in [0.3, 0.4) is 0 Å². The van der Waals surface area contributed by atoms with Crippen molar-refractivity contribution in [2.75, 3.05) is 13.2 Å². The maximum absolute atomic E-state index is 9.25. The molecule has 1 aliphatic heterocycles. The van der Waals surface area contributed by atoms with Gasteiger partial charge in [0.25, 0.3) is 0 Å². The molecule has 0 aliphatic carbocycles. The van der Waals surface area contributed by atoms with E-state index >= 15 is 0 Å². The highest BCUT2D eigenvalue weighted by Gasteiger charge is 2.51. The minimum atomic E-state index is -1.66. The second-order valence-corrected chi connectivity index (χ2v) is 2.89. The molecule has 0 aromatic rings. The van der Waals surface area contributed by atoms with E-state index in [2.05, 4.69) is 0 Å². The Kier molecular flexibility index (Phi) is 2.67. The second-order valence-electron chi connectivity index (χ2n) is 2.89. The molecule has 72 valence electrons. The van der Waals surface area contributed by atoms with E-state index in [9.17, 15) is 10.2 Å². The third-order valence-corrected chi connectivity index (χ3v) is 2.00. The number of aliphatic hydroxyl groups is 4. The van der Waals surface area contributed by atoms with Gasteiger partial charge >= 0.3 is 0 Å². The van der Waals surface area contributed by atoms with Crippen LogP contribution in [-0.4, -0.2) is 57.7 Å². The standard InChI is InChI=1S/C6H13NO5/c7-6(2-9)5(11)4(10)3(1-8)12-6/h3-5,8-11H,1-2,7H2/t3-,4-,5+,6?/m1/s1. The van der Waals surface area contributed by atoms with Gasteiger partial charge in [-0.1, -0.05) is 0 Å². The maximum atomic E-state index is 9.25. The molecule has 1 aliphatic rings. The van der Waals surface area contributed by atoms with Crippen LogP contribution in [0.5, 0.6) is 0 Å². The van der Waals surface area contributed by atoms with Crippen molar-refractivity contribution in [3.05, 3.63) is 0 Å². The van der Waals surface area contributed by atoms with E-state index in [1.165, 1.54) is 0 Å². The van der Waals surface area contributed by atoms with Crippen LogP contribution >= 0.6 is 0 Å². The fourth-order valence-electron chi connectivity index (χ4n) is 1.19. The molecule has 4 atom stereocenters. The molecule has 6 nitrogen and oxygen atoms in total. The molecule has 0 radical (unpaired) electrons. The molecule has 1 unspecified atom stereocenters. The average Bonchev–Trinajstić information content (AvgIpc) is 2.31. The molecule has 12 heavy (non-hydrogen) atoms. The lowest BCUT2D eigenvalue weighted by Gasteiger charge is -2.24. The molecule has 0 bridgehead atoms. The van der Waals surface area contributed by atoms with E-state index in [-0.39, 0.29) is 0 Å². The average molecular weight is 179 g/mol. The Hall–Kier alpha value is -0.240. The highest BCUT2D eigenvalue weighted by Crippen LogP contribution is 2.26. The second kappa shape index (κ2) is 3.25. The molecular weight excluding hydrogens is 166 g/mol. The van der Waals surface area contributed by atoms with Gasteiger partial charge in [0.05, 0.1) is 13.2 Å². The molecule has 6 heteroatoms. The normalized spacial score (nSPS) is 48.2. The molecule has 1 fully saturated rings. The van der Waals surface area contributed by atoms with E-state index in [1.807, 2.05) is 0 Å². The van der Waals surface area contributed by atoms with Gasteiger partial charge in [0.2, 0.25) is 0 Å². The number of nitrogens with two attached hydrogens (primary N) is 1. The lowest BCUT2D eigenvalue weighted by molar-refractivity contribution is -0.114. The van der Waals surface area contributed by atoms with Crippen molar-refractivity contribution in [3.8, 4) is 0 Å². The number of hydrogen-bond acceptors (Lipinski definition) is 6. The number of rotatable bonds is 2. The molecule has 0 spiro atoms. The Bertz CT molecular complexity index is 166. The highest BCUT2D eigenvalue weighted by atomic mass is 16.6. The van der Waals surface area contributed by atoms with Crippen molar-refractivity contribution < 1.29 is 25.2 Å². The molecule has 1 rings (SSSR count). The summed E-state index contributed by atoms with van der Waals surface area (Å²) in [6, 6.07) is 0. The smallest absolute Gasteiger partial charge is 0.169 e. The van der Waals surface area contributed by atoms with Crippen molar-refractivity contribution in [3.63, 3.8) is 0 Å². The summed E-state index contributed by atoms with van der Waals surface area (Å²) in [5.41, 5.74) is 3.71. The molecule has 1 heterocycles. The van der Waals surface area contributed by atoms with Crippen LogP contribution < -0.4 is 5.73 Å². The van der Waals surface area contributed by atoms with Gasteiger partial charge in [0, 0.05) is 0 Å². The van der Waals surface area contributed by atoms with Crippen molar-refractivity contribution in [1.29, 1.82) is 0 Å². The Morgan fingerprint density at radius 2 is 1.92 bits per heavy atom. The Labute approximate surface area is 69.2 Å². The molecule has 1 saturated heterocycles. The van der Waals surface area contributed by atoms with Gasteiger partial charge in [-0.15, -0.1) is 0 Å². The maximum Gasteiger partial charge on any atom is 0.169 e. The molecule has 0 aromatic heterocycles. The fraction of sp³-hybridized carbons (Fsp3) is 1.00. The van der Waals surface area contributed by atoms with Gasteiger partial charge in [-0.3, -0.25) is 5.73 Å². The molecule has 0 saturated carbocycles. The van der Waals surface area contributed by atoms with Crippen molar-refractivity contribution >= 4 is 0 Å². The van der Waals surface area contributed by atoms with Crippen molar-refractivity contribution in [1.82, 2.24) is 0 Å². The quantitative estimate of drug-likeness (QED) is 0.304. The summed E-state index contributed by atoms with van der Waals surface area (Å²) in [6.45, 7) is -1.06. The lowest BCUT2D eigenvalue weighted by atomic mass is 10.0. The predicted molar refractivity (Wildman–Crippen MR) is 38.0 cm³/mol. The lowest BCUT2D eigenvalue weighted by Crippen LogP contribution is -2.54. The van der Waals surface area contributed by atoms with Gasteiger partial charge < -0.3 is 25.2 Å². The summed E-state index contributed by atoms with van der Waals surface area (Å²) in [7, 11) is 0. The van der Waals surface area contributed by atoms with Crippen LogP contribution in [0.4, 0.5) is 0 Å². The zero-order chi connectivity index (χ0) is 9.35. The monoisotopic (exact) mass is 179 g/mol. The van der Waals surface area contributed by atoms with Crippen LogP contribution in [0.1, 0.15) is 0 Å². The van der Waals surface area contributed by atoms with Crippen LogP contribution in [0.2, 0.25) is 0 Å². The minimum Gasteiger partial charge on any atom is -0.394 e. The van der Waals surface area contributed by atoms with Crippen LogP contribution in [-0.2, 0) is 4.74 Å². The SMILES string of the molecule is NC1(CO)O[C@H](CO)[C@@H](O)[C@@H]1O. The van der Waals surface area contributed by atoms with Crippen LogP contribution in [0.25, 0.3) is 0 Å². The first-order chi connectivity index (χ1) is 5.55. The first-order valence-corrected chi connectivity index (χ1v) is 3.59. The minimum absolute atomic E-state index is 0.447. The van der Waals surface area contributed by atoms with E-state index in [4.69, 9.17) is 20.7 Å². The molecular formula is C6H13NO5. The number of ether oxygens (including phenoxy) is 1. The van der Waals surface area contributed by atoms with E-state index in [0.717, 1.165) is 0 Å². The first kappa shape index (κ1) is 9.85. The van der Waals surface area contributed by atoms with Gasteiger partial charge in [0.15, 0.2) is 5.72 Å². The van der Waals surface area contributed by atoms with Gasteiger partial charge in [0.1, 0.15) is 18.3 Å². The van der Waals surface area contributed by atoms with Crippen LogP contribution in [0.15, 0.2) is 0 Å². The van der Waals surface area contributed by atoms with E-state index in [1.54, 1.807) is 0 Å². The summed E-state index contributed by atoms with van der Waals surface area (Å²) >= 11 is 0. The first-order valence-electron chi connectivity index (χ1n) is 3.59. The topological polar surface area (TPSA) is 116 Å². The zero-order valence-electron chi connectivity index (χ0n) is 6.42. The Balaban J connectivity index is 2.72. The van der Waals surface area contributed by atoms with Gasteiger partial charge in [-0.25, -0.2) is 0 Å². The molecule has 0 amide bonds. The summed E-state index contributed by atoms with van der Waals surface area (Å²) in [5.74, 6) is 0. The van der Waals surface area contributed by atoms with Crippen molar-refractivity contribution in [2.45, 2.75) is 24.0 Å². The molecule has 0 aromatic carbocycles. The van der Waals surface area contributed by atoms with Gasteiger partial charge in [-0.05, 0) is 0 Å². The Morgan fingerprint density at radius 1 is 1.33 bits per heavy atom. The fourth-order valence-corrected chi connectivity index (χ4v) is 1.19. The summed E-state index contributed by atoms with van der Waals surface area (Å²) in [5, 5.41) is 35.8. The summed E-state index contributed by atoms with van der Waals surface area (Å²) in [4.78, 5) is 0. The van der Waals surface area contributed by atoms with E-state index < -0.39 is 37.3 Å². The Morgan fingerprint density at radius 3 is 2.17 bits per heavy atom. The third kappa shape index (κ3) is 1.33. The highest BCUT2D eigenvalue weighted by molar-refractivity contribution is 4.97. The van der Waals surface area contributed by atoms with Crippen molar-refractivity contribution in [2.24, 2.45) is 5.73 Å². The molecule has 6 N–H and O–H groups in total. The largest absolute Gasteiger partial charge is 0.394 e. The van der Waals surface area contributed by atoms with Gasteiger partial charge in [-0.2, -0.15) is 0 Å². The summed E-state index contributed by atoms with van der Waals surface area (Å²) in [6.07, 6.45) is -3.57. The summed E-state index contributed by atoms with van der Waals surface area (Å²) < 4.78 is 4.85. The number of hydrogen-bond donors (Lipinski definition) is 5. The zero-order valence-corrected chi connectivity index (χ0v) is 6.42. The van der Waals surface area contributed by atoms with Crippen LogP contribution in [0, 0.1) is 0 Å².